The predicted octanol–water partition coefficient (Wildman–Crippen LogP) is -5.75. The van der Waals surface area contributed by atoms with Crippen LogP contribution in [-0.4, -0.2) is 209 Å². The van der Waals surface area contributed by atoms with E-state index in [1.807, 2.05) is 0 Å². The van der Waals surface area contributed by atoms with Gasteiger partial charge in [0.15, 0.2) is 5.96 Å². The number of aliphatic carboxylic acids is 1. The number of nitrogens with two attached hydrogens (primary N) is 4. The Balaban J connectivity index is 1.81. The van der Waals surface area contributed by atoms with Crippen LogP contribution in [0.25, 0.3) is 0 Å². The van der Waals surface area contributed by atoms with E-state index in [4.69, 9.17) is 22.9 Å². The smallest absolute Gasteiger partial charge is 0.326 e. The third-order valence-corrected chi connectivity index (χ3v) is 14.6. The van der Waals surface area contributed by atoms with Crippen molar-refractivity contribution in [1.29, 1.82) is 0 Å². The summed E-state index contributed by atoms with van der Waals surface area (Å²) in [4.78, 5) is 191. The lowest BCUT2D eigenvalue weighted by Gasteiger charge is -2.27. The number of likely N-dealkylation sites (tertiary alicyclic amines) is 1. The molecule has 0 radical (unpaired) electrons. The molecule has 2 aromatic carbocycles. The summed E-state index contributed by atoms with van der Waals surface area (Å²) in [5.41, 5.74) is 23.2. The van der Waals surface area contributed by atoms with Crippen molar-refractivity contribution < 1.29 is 82.4 Å². The Kier molecular flexibility index (Phi) is 33.5. The molecule has 0 aliphatic carbocycles. The second-order valence-electron chi connectivity index (χ2n) is 23.8. The molecule has 0 saturated carbocycles. The van der Waals surface area contributed by atoms with E-state index in [0.717, 1.165) is 0 Å². The minimum atomic E-state index is -1.61. The number of hydrogen-bond acceptors (Lipinski definition) is 18. The fraction of sp³-hybridized carbons (Fsp3) is 0.557. The number of aromatic hydroxyl groups is 1. The molecule has 3 rings (SSSR count). The number of hydrogen-bond donors (Lipinski definition) is 18. The fourth-order valence-corrected chi connectivity index (χ4v) is 9.72. The first-order chi connectivity index (χ1) is 44.8. The van der Waals surface area contributed by atoms with E-state index >= 15 is 0 Å². The lowest BCUT2D eigenvalue weighted by Crippen LogP contribution is -2.59. The summed E-state index contributed by atoms with van der Waals surface area (Å²) >= 11 is 0. The normalized spacial score (nSPS) is 15.4. The van der Waals surface area contributed by atoms with Crippen molar-refractivity contribution in [1.82, 2.24) is 63.4 Å². The number of benzene rings is 2. The van der Waals surface area contributed by atoms with Gasteiger partial charge in [0.2, 0.25) is 76.8 Å². The first-order valence-corrected chi connectivity index (χ1v) is 31.1. The van der Waals surface area contributed by atoms with Gasteiger partial charge in [-0.15, -0.1) is 0 Å². The number of aliphatic imine (C=N–C) groups is 1. The van der Waals surface area contributed by atoms with E-state index in [0.29, 0.717) is 17.5 Å². The number of guanidine groups is 1. The lowest BCUT2D eigenvalue weighted by molar-refractivity contribution is -0.142. The average molecular weight is 1340 g/mol. The summed E-state index contributed by atoms with van der Waals surface area (Å²) in [7, 11) is 0. The maximum atomic E-state index is 14.5. The van der Waals surface area contributed by atoms with E-state index in [2.05, 4.69) is 63.5 Å². The second kappa shape index (κ2) is 40.2. The van der Waals surface area contributed by atoms with Crippen molar-refractivity contribution in [3.8, 4) is 5.75 Å². The van der Waals surface area contributed by atoms with Crippen LogP contribution in [0.5, 0.6) is 5.75 Å². The largest absolute Gasteiger partial charge is 0.508 e. The number of phenolic OH excluding ortho intramolecular Hbond substituents is 1. The highest BCUT2D eigenvalue weighted by atomic mass is 16.4. The fourth-order valence-electron chi connectivity index (χ4n) is 9.72. The molecule has 34 heteroatoms. The Bertz CT molecular complexity index is 3020. The van der Waals surface area contributed by atoms with Gasteiger partial charge in [-0.2, -0.15) is 0 Å². The molecule has 1 fully saturated rings. The Morgan fingerprint density at radius 3 is 1.53 bits per heavy atom. The van der Waals surface area contributed by atoms with Gasteiger partial charge in [-0.05, 0) is 93.9 Å². The summed E-state index contributed by atoms with van der Waals surface area (Å²) in [6.07, 6.45) is -0.549. The molecule has 1 heterocycles. The summed E-state index contributed by atoms with van der Waals surface area (Å²) in [5.74, 6) is -13.4. The van der Waals surface area contributed by atoms with Crippen LogP contribution in [0.15, 0.2) is 59.6 Å². The van der Waals surface area contributed by atoms with Crippen LogP contribution in [-0.2, 0) is 80.0 Å². The number of aliphatic hydroxyl groups is 1. The van der Waals surface area contributed by atoms with Crippen LogP contribution in [0.1, 0.15) is 104 Å². The molecular weight excluding hydrogens is 1240 g/mol. The third kappa shape index (κ3) is 29.2. The third-order valence-electron chi connectivity index (χ3n) is 14.6. The standard InChI is InChI=1S/C61H93N17O17/c1-32(2)24-41(57(91)76-43(27-37-16-18-38(80)19-17-37)53(87)68-29-49(83)71-42(26-36-12-8-7-9-13-36)52(86)67-30-50(84)72-44(60(94)95)25-33(3)4)75-55(89)39(14-10-22-66-61(64)65)74-56(90)40(20-21-47(63)81)73-51(85)35(6)70-48(82)28-69-54(88)45(31-79)77-58(92)46-15-11-23-78(46)59(93)34(5)62/h7-9,12-13,16-19,32-35,39-46,79-80H,10-11,14-15,20-31,62H2,1-6H3,(H2,63,81)(H,67,86)(H,68,87)(H,69,88)(H,70,82)(H,71,83)(H,72,84)(H,73,85)(H,74,90)(H,75,89)(H,76,91)(H,77,92)(H,94,95)(H4,64,65,66)/t34-,35-,39-,40-,41-,42-,43-,44-,45-,46-/m0/s1. The molecule has 0 aromatic heterocycles. The molecule has 13 amide bonds. The van der Waals surface area contributed by atoms with Crippen LogP contribution >= 0.6 is 0 Å². The minimum absolute atomic E-state index is 0.0414. The van der Waals surface area contributed by atoms with Crippen molar-refractivity contribution >= 4 is 88.7 Å². The zero-order valence-electron chi connectivity index (χ0n) is 54.2. The Morgan fingerprint density at radius 2 is 1.01 bits per heavy atom. The lowest BCUT2D eigenvalue weighted by atomic mass is 10.00. The van der Waals surface area contributed by atoms with E-state index in [1.165, 1.54) is 43.0 Å². The van der Waals surface area contributed by atoms with Gasteiger partial charge in [-0.1, -0.05) is 70.2 Å². The number of phenols is 1. The molecule has 10 atom stereocenters. The molecule has 22 N–H and O–H groups in total. The highest BCUT2D eigenvalue weighted by molar-refractivity contribution is 5.99. The van der Waals surface area contributed by atoms with Crippen LogP contribution in [0.4, 0.5) is 0 Å². The quantitative estimate of drug-likeness (QED) is 0.0168. The van der Waals surface area contributed by atoms with Gasteiger partial charge in [0.25, 0.3) is 0 Å². The zero-order chi connectivity index (χ0) is 71.1. The summed E-state index contributed by atoms with van der Waals surface area (Å²) in [5, 5.41) is 56.4. The van der Waals surface area contributed by atoms with Gasteiger partial charge >= 0.3 is 5.97 Å². The molecule has 524 valence electrons. The zero-order valence-corrected chi connectivity index (χ0v) is 54.2. The van der Waals surface area contributed by atoms with Crippen molar-refractivity contribution in [3.63, 3.8) is 0 Å². The maximum Gasteiger partial charge on any atom is 0.326 e. The average Bonchev–Trinajstić information content (AvgIpc) is 1.77. The molecule has 95 heavy (non-hydrogen) atoms. The number of carbonyl (C=O) groups is 14. The SMILES string of the molecule is CC(C)C[C@H](NC(=O)CNC(=O)[C@H](Cc1ccccc1)NC(=O)CNC(=O)[C@H](Cc1ccc(O)cc1)NC(=O)[C@H](CC(C)C)NC(=O)[C@H](CCCN=C(N)N)NC(=O)[C@H](CCC(N)=O)NC(=O)[C@H](C)NC(=O)CNC(=O)[C@H](CO)NC(=O)[C@@H]1CCCN1C(=O)[C@H](C)N)C(=O)O. The molecule has 0 spiro atoms. The van der Waals surface area contributed by atoms with Crippen molar-refractivity contribution in [2.45, 2.75) is 166 Å². The molecule has 34 nitrogen and oxygen atoms in total. The van der Waals surface area contributed by atoms with Crippen molar-refractivity contribution in [2.75, 3.05) is 39.3 Å². The van der Waals surface area contributed by atoms with Gasteiger partial charge in [-0.25, -0.2) is 4.79 Å². The number of nitrogens with zero attached hydrogens (tertiary/aromatic N) is 2. The molecule has 1 saturated heterocycles. The van der Waals surface area contributed by atoms with E-state index in [9.17, 15) is 82.4 Å². The van der Waals surface area contributed by atoms with Crippen LogP contribution in [0, 0.1) is 11.8 Å². The molecule has 1 aliphatic heterocycles. The van der Waals surface area contributed by atoms with E-state index in [1.54, 1.807) is 58.0 Å². The van der Waals surface area contributed by atoms with E-state index in [-0.39, 0.29) is 81.6 Å². The van der Waals surface area contributed by atoms with Gasteiger partial charge in [0.05, 0.1) is 32.3 Å². The van der Waals surface area contributed by atoms with Crippen LogP contribution in [0.2, 0.25) is 0 Å². The minimum Gasteiger partial charge on any atom is -0.508 e. The van der Waals surface area contributed by atoms with Crippen LogP contribution in [0.3, 0.4) is 0 Å². The number of aliphatic hydroxyl groups excluding tert-OH is 1. The highest BCUT2D eigenvalue weighted by Crippen LogP contribution is 2.19. The molecule has 0 unspecified atom stereocenters. The molecular formula is C61H93N17O17. The summed E-state index contributed by atoms with van der Waals surface area (Å²) in [6, 6.07) is 0.683. The molecule has 2 aromatic rings. The summed E-state index contributed by atoms with van der Waals surface area (Å²) < 4.78 is 0. The Hall–Kier alpha value is -9.99. The van der Waals surface area contributed by atoms with E-state index < -0.39 is 182 Å². The number of amides is 13. The van der Waals surface area contributed by atoms with Crippen molar-refractivity contribution in [3.05, 3.63) is 65.7 Å². The molecule has 0 bridgehead atoms. The van der Waals surface area contributed by atoms with Gasteiger partial charge < -0.3 is 102 Å². The van der Waals surface area contributed by atoms with Gasteiger partial charge in [0.1, 0.15) is 60.1 Å². The first kappa shape index (κ1) is 79.2. The highest BCUT2D eigenvalue weighted by Gasteiger charge is 2.38. The van der Waals surface area contributed by atoms with Crippen LogP contribution < -0.4 is 81.4 Å². The first-order valence-electron chi connectivity index (χ1n) is 31.1. The summed E-state index contributed by atoms with van der Waals surface area (Å²) in [6.45, 7) is 6.83. The topological polar surface area (TPSA) is 552 Å². The number of nitrogens with one attached hydrogen (secondary N) is 11. The van der Waals surface area contributed by atoms with Crippen molar-refractivity contribution in [2.24, 2.45) is 39.8 Å². The predicted molar refractivity (Wildman–Crippen MR) is 342 cm³/mol. The number of carboxylic acids is 1. The Labute approximate surface area is 549 Å². The second-order valence-corrected chi connectivity index (χ2v) is 23.8. The number of carboxylic acid groups (broad SMARTS) is 1. The number of primary amides is 1. The number of carbonyl (C=O) groups excluding carboxylic acids is 13. The molecule has 1 aliphatic rings. The monoisotopic (exact) mass is 1340 g/mol. The van der Waals surface area contributed by atoms with Gasteiger partial charge in [-0.3, -0.25) is 67.3 Å². The number of rotatable bonds is 40. The van der Waals surface area contributed by atoms with Gasteiger partial charge in [0, 0.05) is 32.4 Å². The maximum absolute atomic E-state index is 14.5. The Morgan fingerprint density at radius 1 is 0.547 bits per heavy atom.